The maximum absolute atomic E-state index is 10.3. The minimum Gasteiger partial charge on any atom is -0.415 e. The number of ketones is 1. The van der Waals surface area contributed by atoms with E-state index in [1.807, 2.05) is 0 Å². The van der Waals surface area contributed by atoms with Crippen LogP contribution in [0.5, 0.6) is 0 Å². The fraction of sp³-hybridized carbons (Fsp3) is 0.400. The third-order valence-electron chi connectivity index (χ3n) is 0.584. The molecular weight excluding hydrogens is 122 g/mol. The van der Waals surface area contributed by atoms with Crippen molar-refractivity contribution in [3.05, 3.63) is 0 Å². The van der Waals surface area contributed by atoms with E-state index in [9.17, 15) is 9.59 Å². The second-order valence-electron chi connectivity index (χ2n) is 1.49. The molecule has 0 saturated carbocycles. The Morgan fingerprint density at radius 3 is 2.56 bits per heavy atom. The van der Waals surface area contributed by atoms with Gasteiger partial charge in [0.25, 0.3) is 0 Å². The third kappa shape index (κ3) is 4.67. The highest BCUT2D eigenvalue weighted by Crippen LogP contribution is 1.83. The van der Waals surface area contributed by atoms with E-state index < -0.39 is 5.97 Å². The van der Waals surface area contributed by atoms with Crippen LogP contribution in [0, 0.1) is 5.41 Å². The van der Waals surface area contributed by atoms with Crippen LogP contribution in [0.1, 0.15) is 13.3 Å². The van der Waals surface area contributed by atoms with Crippen LogP contribution in [0.2, 0.25) is 0 Å². The summed E-state index contributed by atoms with van der Waals surface area (Å²) >= 11 is 0. The van der Waals surface area contributed by atoms with Crippen molar-refractivity contribution in [2.75, 3.05) is 0 Å². The van der Waals surface area contributed by atoms with Gasteiger partial charge in [-0.05, 0) is 6.92 Å². The monoisotopic (exact) mass is 129 g/mol. The van der Waals surface area contributed by atoms with Gasteiger partial charge < -0.3 is 4.74 Å². The summed E-state index contributed by atoms with van der Waals surface area (Å²) in [4.78, 5) is 20.4. The van der Waals surface area contributed by atoms with Crippen LogP contribution in [0.4, 0.5) is 0 Å². The predicted octanol–water partition coefficient (Wildman–Crippen LogP) is 0.116. The highest BCUT2D eigenvalue weighted by atomic mass is 16.5. The molecule has 0 aliphatic heterocycles. The molecule has 0 heterocycles. The van der Waals surface area contributed by atoms with E-state index in [2.05, 4.69) is 4.74 Å². The molecule has 0 aliphatic carbocycles. The molecule has 50 valence electrons. The number of carbonyl (C=O) groups is 2. The van der Waals surface area contributed by atoms with Crippen LogP contribution in [0.15, 0.2) is 0 Å². The van der Waals surface area contributed by atoms with Crippen molar-refractivity contribution < 1.29 is 14.3 Å². The first-order valence-electron chi connectivity index (χ1n) is 2.34. The fourth-order valence-electron chi connectivity index (χ4n) is 0.311. The lowest BCUT2D eigenvalue weighted by Crippen LogP contribution is -2.06. The average Bonchev–Trinajstić information content (AvgIpc) is 1.63. The molecule has 0 fully saturated rings. The van der Waals surface area contributed by atoms with E-state index in [1.165, 1.54) is 6.92 Å². The smallest absolute Gasteiger partial charge is 0.319 e. The van der Waals surface area contributed by atoms with Gasteiger partial charge in [0.05, 0.1) is 0 Å². The first-order valence-corrected chi connectivity index (χ1v) is 2.34. The Balaban J connectivity index is 3.50. The van der Waals surface area contributed by atoms with E-state index >= 15 is 0 Å². The summed E-state index contributed by atoms with van der Waals surface area (Å²) in [7, 11) is 0. The molecule has 0 radical (unpaired) electrons. The quantitative estimate of drug-likeness (QED) is 0.254. The van der Waals surface area contributed by atoms with Crippen LogP contribution >= 0.6 is 0 Å². The Morgan fingerprint density at radius 2 is 2.22 bits per heavy atom. The maximum atomic E-state index is 10.3. The van der Waals surface area contributed by atoms with Gasteiger partial charge in [-0.25, -0.2) is 0 Å². The van der Waals surface area contributed by atoms with Crippen LogP contribution < -0.4 is 0 Å². The zero-order valence-corrected chi connectivity index (χ0v) is 5.01. The Hall–Kier alpha value is -1.19. The first kappa shape index (κ1) is 7.81. The highest BCUT2D eigenvalue weighted by Gasteiger charge is 2.03. The van der Waals surface area contributed by atoms with Gasteiger partial charge in [-0.1, -0.05) is 0 Å². The summed E-state index contributed by atoms with van der Waals surface area (Å²) in [5.41, 5.74) is 0. The molecular formula is C5H7NO3. The van der Waals surface area contributed by atoms with Crippen LogP contribution in [-0.4, -0.2) is 18.2 Å². The van der Waals surface area contributed by atoms with E-state index in [1.54, 1.807) is 0 Å². The molecule has 0 amide bonds. The zero-order valence-electron chi connectivity index (χ0n) is 5.01. The normalized spacial score (nSPS) is 8.11. The number of esters is 1. The van der Waals surface area contributed by atoms with E-state index in [0.717, 1.165) is 0 Å². The van der Waals surface area contributed by atoms with Gasteiger partial charge in [0.1, 0.15) is 12.2 Å². The lowest BCUT2D eigenvalue weighted by atomic mass is 10.3. The number of Topliss-reactive ketones (excluding diaryl/α,β-unsaturated/α-hetero) is 1. The van der Waals surface area contributed by atoms with E-state index in [0.29, 0.717) is 6.40 Å². The van der Waals surface area contributed by atoms with E-state index in [-0.39, 0.29) is 12.2 Å². The Bertz CT molecular complexity index is 141. The summed E-state index contributed by atoms with van der Waals surface area (Å²) < 4.78 is 4.03. The molecule has 0 unspecified atom stereocenters. The van der Waals surface area contributed by atoms with Crippen LogP contribution in [0.25, 0.3) is 0 Å². The number of ether oxygens (including phenoxy) is 1. The molecule has 0 bridgehead atoms. The molecule has 4 heteroatoms. The van der Waals surface area contributed by atoms with Gasteiger partial charge in [0.15, 0.2) is 6.40 Å². The van der Waals surface area contributed by atoms with Crippen molar-refractivity contribution in [1.82, 2.24) is 0 Å². The van der Waals surface area contributed by atoms with Crippen molar-refractivity contribution in [3.63, 3.8) is 0 Å². The summed E-state index contributed by atoms with van der Waals surface area (Å²) in [6.45, 7) is 1.28. The van der Waals surface area contributed by atoms with Gasteiger partial charge in [0.2, 0.25) is 0 Å². The minimum atomic E-state index is -0.683. The topological polar surface area (TPSA) is 67.2 Å². The number of hydrogen-bond acceptors (Lipinski definition) is 4. The molecule has 0 saturated heterocycles. The van der Waals surface area contributed by atoms with Gasteiger partial charge in [-0.2, -0.15) is 0 Å². The molecule has 0 aliphatic rings. The molecule has 0 aromatic carbocycles. The molecule has 1 N–H and O–H groups in total. The standard InChI is InChI=1S/C5H7NO3/c1-4(7)2-5(8)9-3-6/h3,6H,2H2,1H3. The minimum absolute atomic E-state index is 0.255. The van der Waals surface area contributed by atoms with Crippen molar-refractivity contribution in [3.8, 4) is 0 Å². The van der Waals surface area contributed by atoms with Gasteiger partial charge in [0, 0.05) is 0 Å². The third-order valence-corrected chi connectivity index (χ3v) is 0.584. The summed E-state index contributed by atoms with van der Waals surface area (Å²) in [6, 6.07) is 0. The molecule has 4 nitrogen and oxygen atoms in total. The summed E-state index contributed by atoms with van der Waals surface area (Å²) in [5, 5.41) is 6.30. The van der Waals surface area contributed by atoms with Crippen molar-refractivity contribution >= 4 is 18.2 Å². The van der Waals surface area contributed by atoms with Crippen LogP contribution in [0.3, 0.4) is 0 Å². The lowest BCUT2D eigenvalue weighted by Gasteiger charge is -1.90. The second-order valence-corrected chi connectivity index (χ2v) is 1.49. The molecule has 0 atom stereocenters. The zero-order chi connectivity index (χ0) is 7.28. The van der Waals surface area contributed by atoms with Crippen LogP contribution in [-0.2, 0) is 14.3 Å². The second kappa shape index (κ2) is 3.77. The Morgan fingerprint density at radius 1 is 1.67 bits per heavy atom. The molecule has 0 rings (SSSR count). The SMILES string of the molecule is CC(=O)CC(=O)OC=N. The maximum Gasteiger partial charge on any atom is 0.319 e. The van der Waals surface area contributed by atoms with Gasteiger partial charge in [-0.15, -0.1) is 0 Å². The largest absolute Gasteiger partial charge is 0.415 e. The predicted molar refractivity (Wildman–Crippen MR) is 30.2 cm³/mol. The van der Waals surface area contributed by atoms with Crippen molar-refractivity contribution in [2.24, 2.45) is 0 Å². The molecule has 0 aromatic rings. The molecule has 0 spiro atoms. The summed E-state index contributed by atoms with van der Waals surface area (Å²) in [5.74, 6) is -0.945. The molecule has 0 aromatic heterocycles. The number of carbonyl (C=O) groups excluding carboxylic acids is 2. The average molecular weight is 129 g/mol. The van der Waals surface area contributed by atoms with Gasteiger partial charge >= 0.3 is 5.97 Å². The number of rotatable bonds is 3. The highest BCUT2D eigenvalue weighted by molar-refractivity contribution is 5.96. The Labute approximate surface area is 52.3 Å². The Kier molecular flexibility index (Phi) is 3.27. The van der Waals surface area contributed by atoms with Crippen molar-refractivity contribution in [2.45, 2.75) is 13.3 Å². The lowest BCUT2D eigenvalue weighted by molar-refractivity contribution is -0.138. The number of nitrogens with one attached hydrogen (secondary N) is 1. The van der Waals surface area contributed by atoms with E-state index in [4.69, 9.17) is 5.41 Å². The summed E-state index contributed by atoms with van der Waals surface area (Å²) in [6.07, 6.45) is 0.251. The van der Waals surface area contributed by atoms with Gasteiger partial charge in [-0.3, -0.25) is 15.0 Å². The first-order chi connectivity index (χ1) is 4.16. The fourth-order valence-corrected chi connectivity index (χ4v) is 0.311. The van der Waals surface area contributed by atoms with Crippen molar-refractivity contribution in [1.29, 1.82) is 5.41 Å². The number of hydrogen-bond donors (Lipinski definition) is 1. The molecule has 9 heavy (non-hydrogen) atoms.